The molecule has 0 radical (unpaired) electrons. The molecule has 1 saturated heterocycles. The van der Waals surface area contributed by atoms with Gasteiger partial charge >= 0.3 is 0 Å². The van der Waals surface area contributed by atoms with Gasteiger partial charge in [-0.25, -0.2) is 0 Å². The van der Waals surface area contributed by atoms with Crippen LogP contribution in [0.25, 0.3) is 0 Å². The quantitative estimate of drug-likeness (QED) is 0.893. The van der Waals surface area contributed by atoms with E-state index in [2.05, 4.69) is 27.0 Å². The first-order chi connectivity index (χ1) is 7.18. The predicted molar refractivity (Wildman–Crippen MR) is 62.6 cm³/mol. The molecule has 3 nitrogen and oxygen atoms in total. The molecule has 2 rings (SSSR count). The third kappa shape index (κ3) is 3.00. The van der Waals surface area contributed by atoms with Crippen LogP contribution in [-0.4, -0.2) is 23.7 Å². The largest absolute Gasteiger partial charge is 0.380 e. The lowest BCUT2D eigenvalue weighted by atomic mass is 9.87. The molecular weight excluding hydrogens is 256 g/mol. The van der Waals surface area contributed by atoms with Crippen LogP contribution in [-0.2, 0) is 11.2 Å². The van der Waals surface area contributed by atoms with E-state index in [1.54, 1.807) is 6.20 Å². The molecule has 0 saturated carbocycles. The molecule has 1 aromatic rings. The van der Waals surface area contributed by atoms with E-state index in [-0.39, 0.29) is 5.54 Å². The molecule has 1 aliphatic heterocycles. The molecular formula is C11H15BrN2O. The molecule has 0 aromatic carbocycles. The molecule has 0 amide bonds. The Morgan fingerprint density at radius 1 is 1.53 bits per heavy atom. The molecule has 1 unspecified atom stereocenters. The summed E-state index contributed by atoms with van der Waals surface area (Å²) >= 11 is 3.41. The molecule has 82 valence electrons. The van der Waals surface area contributed by atoms with Crippen molar-refractivity contribution in [1.29, 1.82) is 0 Å². The topological polar surface area (TPSA) is 48.1 Å². The SMILES string of the molecule is NC1(Cc2cncc(Br)c2)CCCOC1. The molecule has 4 heteroatoms. The Bertz CT molecular complexity index is 337. The first kappa shape index (κ1) is 11.0. The summed E-state index contributed by atoms with van der Waals surface area (Å²) < 4.78 is 6.43. The van der Waals surface area contributed by atoms with Crippen molar-refractivity contribution in [2.75, 3.05) is 13.2 Å². The van der Waals surface area contributed by atoms with E-state index in [0.717, 1.165) is 35.9 Å². The van der Waals surface area contributed by atoms with E-state index in [1.165, 1.54) is 0 Å². The van der Waals surface area contributed by atoms with Crippen molar-refractivity contribution in [1.82, 2.24) is 4.98 Å². The van der Waals surface area contributed by atoms with Gasteiger partial charge in [-0.3, -0.25) is 4.98 Å². The lowest BCUT2D eigenvalue weighted by molar-refractivity contribution is 0.0382. The Morgan fingerprint density at radius 3 is 3.07 bits per heavy atom. The van der Waals surface area contributed by atoms with Crippen LogP contribution in [0.5, 0.6) is 0 Å². The first-order valence-electron chi connectivity index (χ1n) is 5.14. The van der Waals surface area contributed by atoms with Crippen LogP contribution in [0.2, 0.25) is 0 Å². The van der Waals surface area contributed by atoms with Gasteiger partial charge < -0.3 is 10.5 Å². The number of ether oxygens (including phenoxy) is 1. The average Bonchev–Trinajstić information content (AvgIpc) is 2.18. The summed E-state index contributed by atoms with van der Waals surface area (Å²) in [4.78, 5) is 4.14. The Labute approximate surface area is 98.2 Å². The fraction of sp³-hybridized carbons (Fsp3) is 0.545. The van der Waals surface area contributed by atoms with Crippen molar-refractivity contribution in [3.8, 4) is 0 Å². The normalized spacial score (nSPS) is 26.5. The number of pyridine rings is 1. The maximum Gasteiger partial charge on any atom is 0.0649 e. The van der Waals surface area contributed by atoms with Gasteiger partial charge in [-0.2, -0.15) is 0 Å². The van der Waals surface area contributed by atoms with Crippen LogP contribution < -0.4 is 5.73 Å². The predicted octanol–water partition coefficient (Wildman–Crippen LogP) is 1.89. The zero-order valence-corrected chi connectivity index (χ0v) is 10.2. The summed E-state index contributed by atoms with van der Waals surface area (Å²) in [7, 11) is 0. The minimum Gasteiger partial charge on any atom is -0.380 e. The molecule has 1 aliphatic rings. The standard InChI is InChI=1S/C11H15BrN2O/c12-10-4-9(6-14-7-10)5-11(13)2-1-3-15-8-11/h4,6-7H,1-3,5,8,13H2. The van der Waals surface area contributed by atoms with Gasteiger partial charge in [0.1, 0.15) is 0 Å². The number of halogens is 1. The Morgan fingerprint density at radius 2 is 2.40 bits per heavy atom. The number of nitrogens with zero attached hydrogens (tertiary/aromatic N) is 1. The highest BCUT2D eigenvalue weighted by atomic mass is 79.9. The van der Waals surface area contributed by atoms with Gasteiger partial charge in [-0.1, -0.05) is 0 Å². The van der Waals surface area contributed by atoms with Gasteiger partial charge in [0.25, 0.3) is 0 Å². The third-order valence-corrected chi connectivity index (χ3v) is 3.10. The summed E-state index contributed by atoms with van der Waals surface area (Å²) in [5.41, 5.74) is 7.23. The fourth-order valence-electron chi connectivity index (χ4n) is 1.97. The van der Waals surface area contributed by atoms with Crippen LogP contribution in [0.15, 0.2) is 22.9 Å². The summed E-state index contributed by atoms with van der Waals surface area (Å²) in [5.74, 6) is 0. The minimum absolute atomic E-state index is 0.208. The molecule has 1 atom stereocenters. The van der Waals surface area contributed by atoms with Gasteiger partial charge in [0.15, 0.2) is 0 Å². The lowest BCUT2D eigenvalue weighted by Gasteiger charge is -2.33. The summed E-state index contributed by atoms with van der Waals surface area (Å²) in [6.07, 6.45) is 6.56. The Hall–Kier alpha value is -0.450. The summed E-state index contributed by atoms with van der Waals surface area (Å²) in [6, 6.07) is 2.07. The van der Waals surface area contributed by atoms with Gasteiger partial charge in [-0.15, -0.1) is 0 Å². The highest BCUT2D eigenvalue weighted by molar-refractivity contribution is 9.10. The molecule has 1 fully saturated rings. The van der Waals surface area contributed by atoms with Crippen LogP contribution in [0, 0.1) is 0 Å². The molecule has 15 heavy (non-hydrogen) atoms. The van der Waals surface area contributed by atoms with Gasteiger partial charge in [0.2, 0.25) is 0 Å². The van der Waals surface area contributed by atoms with Crippen molar-refractivity contribution >= 4 is 15.9 Å². The van der Waals surface area contributed by atoms with Crippen molar-refractivity contribution in [3.63, 3.8) is 0 Å². The third-order valence-electron chi connectivity index (χ3n) is 2.67. The van der Waals surface area contributed by atoms with Gasteiger partial charge in [-0.05, 0) is 46.8 Å². The van der Waals surface area contributed by atoms with Gasteiger partial charge in [0, 0.05) is 29.0 Å². The van der Waals surface area contributed by atoms with E-state index in [4.69, 9.17) is 10.5 Å². The maximum absolute atomic E-state index is 6.27. The van der Waals surface area contributed by atoms with E-state index in [0.29, 0.717) is 6.61 Å². The Kier molecular flexibility index (Phi) is 3.38. The van der Waals surface area contributed by atoms with E-state index in [1.807, 2.05) is 6.20 Å². The molecule has 0 bridgehead atoms. The second-order valence-corrected chi connectivity index (χ2v) is 5.12. The second-order valence-electron chi connectivity index (χ2n) is 4.21. The van der Waals surface area contributed by atoms with Crippen LogP contribution in [0.3, 0.4) is 0 Å². The van der Waals surface area contributed by atoms with Crippen molar-refractivity contribution in [2.24, 2.45) is 5.73 Å². The molecule has 0 spiro atoms. The van der Waals surface area contributed by atoms with Crippen LogP contribution in [0.4, 0.5) is 0 Å². The maximum atomic E-state index is 6.27. The highest BCUT2D eigenvalue weighted by Gasteiger charge is 2.28. The number of hydrogen-bond donors (Lipinski definition) is 1. The number of aromatic nitrogens is 1. The monoisotopic (exact) mass is 270 g/mol. The molecule has 1 aromatic heterocycles. The zero-order chi connectivity index (χ0) is 10.7. The second kappa shape index (κ2) is 4.60. The van der Waals surface area contributed by atoms with Gasteiger partial charge in [0.05, 0.1) is 6.61 Å². The highest BCUT2D eigenvalue weighted by Crippen LogP contribution is 2.22. The minimum atomic E-state index is -0.208. The number of rotatable bonds is 2. The average molecular weight is 271 g/mol. The van der Waals surface area contributed by atoms with Crippen molar-refractivity contribution in [3.05, 3.63) is 28.5 Å². The van der Waals surface area contributed by atoms with E-state index in [9.17, 15) is 0 Å². The smallest absolute Gasteiger partial charge is 0.0649 e. The first-order valence-corrected chi connectivity index (χ1v) is 5.93. The van der Waals surface area contributed by atoms with Crippen molar-refractivity contribution in [2.45, 2.75) is 24.8 Å². The summed E-state index contributed by atoms with van der Waals surface area (Å²) in [6.45, 7) is 1.50. The van der Waals surface area contributed by atoms with Crippen LogP contribution in [0.1, 0.15) is 18.4 Å². The molecule has 2 heterocycles. The van der Waals surface area contributed by atoms with E-state index < -0.39 is 0 Å². The zero-order valence-electron chi connectivity index (χ0n) is 8.58. The Balaban J connectivity index is 2.06. The number of nitrogens with two attached hydrogens (primary N) is 1. The fourth-order valence-corrected chi connectivity index (χ4v) is 2.38. The van der Waals surface area contributed by atoms with Crippen molar-refractivity contribution < 1.29 is 4.74 Å². The van der Waals surface area contributed by atoms with Crippen LogP contribution >= 0.6 is 15.9 Å². The summed E-state index contributed by atoms with van der Waals surface area (Å²) in [5, 5.41) is 0. The van der Waals surface area contributed by atoms with E-state index >= 15 is 0 Å². The molecule has 2 N–H and O–H groups in total. The molecule has 0 aliphatic carbocycles. The number of hydrogen-bond acceptors (Lipinski definition) is 3. The lowest BCUT2D eigenvalue weighted by Crippen LogP contribution is -2.49.